The van der Waals surface area contributed by atoms with Crippen molar-refractivity contribution in [1.82, 2.24) is 0 Å². The van der Waals surface area contributed by atoms with Crippen LogP contribution < -0.4 is 0 Å². The van der Waals surface area contributed by atoms with Crippen LogP contribution in [0.25, 0.3) is 0 Å². The second-order valence-electron chi connectivity index (χ2n) is 9.07. The summed E-state index contributed by atoms with van der Waals surface area (Å²) in [6.45, 7) is 0. The van der Waals surface area contributed by atoms with Gasteiger partial charge in [-0.05, 0) is 76.0 Å². The number of carboxylic acid groups (broad SMARTS) is 4. The van der Waals surface area contributed by atoms with Crippen molar-refractivity contribution in [2.24, 2.45) is 34.5 Å². The van der Waals surface area contributed by atoms with Crippen molar-refractivity contribution in [2.75, 3.05) is 0 Å². The lowest BCUT2D eigenvalue weighted by atomic mass is 9.54. The van der Waals surface area contributed by atoms with Gasteiger partial charge in [0.25, 0.3) is 0 Å². The molecule has 8 heteroatoms. The number of hydrogen-bond acceptors (Lipinski definition) is 4. The molecule has 6 aliphatic rings. The first-order valence-corrected chi connectivity index (χ1v) is 10.0. The molecule has 0 spiro atoms. The van der Waals surface area contributed by atoms with Crippen molar-refractivity contribution in [3.05, 3.63) is 0 Å². The van der Waals surface area contributed by atoms with Crippen LogP contribution in [0.1, 0.15) is 64.2 Å². The van der Waals surface area contributed by atoms with Crippen LogP contribution in [0.4, 0.5) is 0 Å². The quantitative estimate of drug-likeness (QED) is 0.566. The van der Waals surface area contributed by atoms with Crippen LogP contribution in [0.3, 0.4) is 0 Å². The highest BCUT2D eigenvalue weighted by molar-refractivity contribution is 5.81. The Morgan fingerprint density at radius 1 is 0.536 bits per heavy atom. The van der Waals surface area contributed by atoms with Crippen LogP contribution in [-0.2, 0) is 19.2 Å². The number of carbonyl (C=O) groups is 4. The Morgan fingerprint density at radius 2 is 0.786 bits per heavy atom. The Bertz CT molecular complexity index is 593. The van der Waals surface area contributed by atoms with E-state index in [1.54, 1.807) is 0 Å². The number of rotatable bonds is 4. The lowest BCUT2D eigenvalue weighted by Gasteiger charge is -2.48. The normalized spacial score (nSPS) is 40.9. The van der Waals surface area contributed by atoms with Crippen LogP contribution in [0, 0.1) is 34.5 Å². The van der Waals surface area contributed by atoms with Gasteiger partial charge in [0.05, 0.1) is 22.7 Å². The van der Waals surface area contributed by atoms with E-state index >= 15 is 0 Å². The Kier molecular flexibility index (Phi) is 5.42. The maximum absolute atomic E-state index is 11.1. The van der Waals surface area contributed by atoms with Crippen molar-refractivity contribution in [2.45, 2.75) is 64.2 Å². The zero-order valence-electron chi connectivity index (χ0n) is 15.8. The Balaban J connectivity index is 0.000000161. The van der Waals surface area contributed by atoms with Gasteiger partial charge >= 0.3 is 23.9 Å². The summed E-state index contributed by atoms with van der Waals surface area (Å²) < 4.78 is 0. The monoisotopic (exact) mass is 396 g/mol. The summed E-state index contributed by atoms with van der Waals surface area (Å²) in [4.78, 5) is 44.1. The van der Waals surface area contributed by atoms with Crippen molar-refractivity contribution in [1.29, 1.82) is 0 Å². The molecule has 28 heavy (non-hydrogen) atoms. The van der Waals surface area contributed by atoms with Gasteiger partial charge in [0.1, 0.15) is 0 Å². The Labute approximate surface area is 162 Å². The third-order valence-corrected chi connectivity index (χ3v) is 7.94. The first-order chi connectivity index (χ1) is 13.1. The third-order valence-electron chi connectivity index (χ3n) is 7.94. The maximum Gasteiger partial charge on any atom is 0.309 e. The van der Waals surface area contributed by atoms with Gasteiger partial charge in [-0.2, -0.15) is 0 Å². The molecule has 6 fully saturated rings. The van der Waals surface area contributed by atoms with E-state index in [1.807, 2.05) is 0 Å². The molecule has 0 aromatic rings. The predicted octanol–water partition coefficient (Wildman–Crippen LogP) is 2.70. The minimum absolute atomic E-state index is 0.0959. The largest absolute Gasteiger partial charge is 0.481 e. The molecule has 0 aliphatic heterocycles. The van der Waals surface area contributed by atoms with E-state index < -0.39 is 46.5 Å². The summed E-state index contributed by atoms with van der Waals surface area (Å²) in [6, 6.07) is 0. The molecular formula is C20H28O8. The van der Waals surface area contributed by atoms with Crippen LogP contribution in [0.15, 0.2) is 0 Å². The molecular weight excluding hydrogens is 368 g/mol. The van der Waals surface area contributed by atoms with E-state index in [1.165, 1.54) is 0 Å². The standard InChI is InChI=1S/2C10H14O4/c11-7(12)9-1-2-10(5-3-9,6-4-9)8(13)14;11-9(12)7-5-1-2-6(4-3-5)8(7)10(13)14/h1-6H2,(H,11,12)(H,13,14);5-8H,1-4H2,(H,11,12)(H,13,14). The topological polar surface area (TPSA) is 149 Å². The molecule has 6 rings (SSSR count). The minimum Gasteiger partial charge on any atom is -0.481 e. The molecule has 0 heterocycles. The first kappa shape index (κ1) is 20.6. The average molecular weight is 396 g/mol. The molecule has 6 aliphatic carbocycles. The van der Waals surface area contributed by atoms with E-state index in [-0.39, 0.29) is 11.8 Å². The summed E-state index contributed by atoms with van der Waals surface area (Å²) >= 11 is 0. The second kappa shape index (κ2) is 7.37. The highest BCUT2D eigenvalue weighted by atomic mass is 16.4. The molecule has 0 saturated heterocycles. The molecule has 2 unspecified atom stereocenters. The fraction of sp³-hybridized carbons (Fsp3) is 0.800. The van der Waals surface area contributed by atoms with Crippen LogP contribution >= 0.6 is 0 Å². The fourth-order valence-corrected chi connectivity index (χ4v) is 5.99. The molecule has 8 nitrogen and oxygen atoms in total. The molecule has 4 N–H and O–H groups in total. The summed E-state index contributed by atoms with van der Waals surface area (Å²) in [5.74, 6) is -4.41. The van der Waals surface area contributed by atoms with Crippen molar-refractivity contribution in [3.8, 4) is 0 Å². The van der Waals surface area contributed by atoms with Gasteiger partial charge in [0.15, 0.2) is 0 Å². The van der Waals surface area contributed by atoms with E-state index in [9.17, 15) is 19.2 Å². The van der Waals surface area contributed by atoms with Crippen molar-refractivity contribution in [3.63, 3.8) is 0 Å². The molecule has 0 aromatic carbocycles. The molecule has 2 atom stereocenters. The first-order valence-electron chi connectivity index (χ1n) is 10.0. The molecule has 6 saturated carbocycles. The van der Waals surface area contributed by atoms with Crippen LogP contribution in [0.5, 0.6) is 0 Å². The summed E-state index contributed by atoms with van der Waals surface area (Å²) in [6.07, 6.45) is 6.80. The van der Waals surface area contributed by atoms with Crippen LogP contribution in [0.2, 0.25) is 0 Å². The van der Waals surface area contributed by atoms with Crippen molar-refractivity contribution < 1.29 is 39.6 Å². The highest BCUT2D eigenvalue weighted by Gasteiger charge is 2.55. The molecule has 156 valence electrons. The summed E-state index contributed by atoms with van der Waals surface area (Å²) in [7, 11) is 0. The van der Waals surface area contributed by atoms with Gasteiger partial charge in [-0.3, -0.25) is 19.2 Å². The maximum atomic E-state index is 11.1. The van der Waals surface area contributed by atoms with Gasteiger partial charge in [0.2, 0.25) is 0 Å². The van der Waals surface area contributed by atoms with Gasteiger partial charge in [-0.1, -0.05) is 0 Å². The smallest absolute Gasteiger partial charge is 0.309 e. The minimum atomic E-state index is -0.924. The van der Waals surface area contributed by atoms with Gasteiger partial charge < -0.3 is 20.4 Å². The highest BCUT2D eigenvalue weighted by Crippen LogP contribution is 2.57. The van der Waals surface area contributed by atoms with Gasteiger partial charge in [-0.25, -0.2) is 0 Å². The summed E-state index contributed by atoms with van der Waals surface area (Å²) in [5, 5.41) is 36.2. The molecule has 0 radical (unpaired) electrons. The molecule has 4 bridgehead atoms. The van der Waals surface area contributed by atoms with E-state index in [4.69, 9.17) is 20.4 Å². The lowest BCUT2D eigenvalue weighted by molar-refractivity contribution is -0.170. The lowest BCUT2D eigenvalue weighted by Crippen LogP contribution is -2.49. The van der Waals surface area contributed by atoms with Crippen molar-refractivity contribution >= 4 is 23.9 Å². The zero-order chi connectivity index (χ0) is 20.7. The third kappa shape index (κ3) is 3.37. The fourth-order valence-electron chi connectivity index (χ4n) is 5.99. The average Bonchev–Trinajstić information content (AvgIpc) is 2.69. The zero-order valence-corrected chi connectivity index (χ0v) is 15.8. The number of hydrogen-bond donors (Lipinski definition) is 4. The van der Waals surface area contributed by atoms with E-state index in [0.29, 0.717) is 38.5 Å². The summed E-state index contributed by atoms with van der Waals surface area (Å²) in [5.41, 5.74) is -1.20. The number of fused-ring (bicyclic) bond motifs is 6. The van der Waals surface area contributed by atoms with E-state index in [0.717, 1.165) is 25.7 Å². The van der Waals surface area contributed by atoms with Crippen LogP contribution in [-0.4, -0.2) is 44.3 Å². The van der Waals surface area contributed by atoms with Gasteiger partial charge in [0, 0.05) is 0 Å². The Morgan fingerprint density at radius 3 is 0.964 bits per heavy atom. The molecule has 0 amide bonds. The number of carboxylic acids is 4. The Hall–Kier alpha value is -2.12. The van der Waals surface area contributed by atoms with Gasteiger partial charge in [-0.15, -0.1) is 0 Å². The van der Waals surface area contributed by atoms with E-state index in [2.05, 4.69) is 0 Å². The predicted molar refractivity (Wildman–Crippen MR) is 95.5 cm³/mol. The SMILES string of the molecule is O=C(O)C12CCC(C(=O)O)(CC1)CC2.O=C(O)C1C2CCC(CC2)C1C(=O)O. The number of aliphatic carboxylic acids is 4. The second-order valence-corrected chi connectivity index (χ2v) is 9.07. The molecule has 0 aromatic heterocycles.